The van der Waals surface area contributed by atoms with Gasteiger partial charge in [-0.1, -0.05) is 12.1 Å². The van der Waals surface area contributed by atoms with Crippen molar-refractivity contribution in [2.75, 3.05) is 13.6 Å². The van der Waals surface area contributed by atoms with Gasteiger partial charge in [0.1, 0.15) is 30.4 Å². The molecule has 0 aromatic carbocycles. The predicted molar refractivity (Wildman–Crippen MR) is 104 cm³/mol. The van der Waals surface area contributed by atoms with Crippen LogP contribution in [0.4, 0.5) is 0 Å². The van der Waals surface area contributed by atoms with E-state index >= 15 is 0 Å². The normalized spacial score (nSPS) is 37.1. The van der Waals surface area contributed by atoms with E-state index in [9.17, 15) is 9.90 Å². The Bertz CT molecular complexity index is 782. The van der Waals surface area contributed by atoms with Crippen LogP contribution in [0.5, 0.6) is 0 Å². The van der Waals surface area contributed by atoms with Crippen molar-refractivity contribution in [3.8, 4) is 0 Å². The lowest BCUT2D eigenvalue weighted by molar-refractivity contribution is -0.954. The maximum atomic E-state index is 13.2. The minimum Gasteiger partial charge on any atom is -0.459 e. The van der Waals surface area contributed by atoms with E-state index in [4.69, 9.17) is 9.47 Å². The highest BCUT2D eigenvalue weighted by Gasteiger charge is 2.71. The molecule has 0 radical (unpaired) electrons. The summed E-state index contributed by atoms with van der Waals surface area (Å²) < 4.78 is 12.8. The van der Waals surface area contributed by atoms with Gasteiger partial charge in [-0.15, -0.1) is 22.7 Å². The molecule has 0 aliphatic carbocycles. The summed E-state index contributed by atoms with van der Waals surface area (Å²) in [6.07, 6.45) is 2.08. The molecule has 5 heterocycles. The van der Waals surface area contributed by atoms with Crippen molar-refractivity contribution in [2.45, 2.75) is 55.8 Å². The van der Waals surface area contributed by atoms with Gasteiger partial charge in [0.15, 0.2) is 0 Å². The van der Waals surface area contributed by atoms with E-state index in [2.05, 4.69) is 14.0 Å². The molecule has 6 atom stereocenters. The Morgan fingerprint density at radius 3 is 2.22 bits per heavy atom. The smallest absolute Gasteiger partial charge is 0.349 e. The molecule has 144 valence electrons. The average molecular weight is 407 g/mol. The Hall–Kier alpha value is -1.25. The standard InChI is InChI=1S/C20H24NO4S2/c1-3-21(2)13-10-12(11-14(21)18-17(13)25-18)24-19(22)20(23,15-6-4-8-26-15)16-7-5-9-27-16/h4-9,12-14,17-18,23H,3,10-11H2,1-2H3/q+1/t12?,13-,14+,17-,18+,21?. The fourth-order valence-electron chi connectivity index (χ4n) is 5.15. The van der Waals surface area contributed by atoms with Crippen LogP contribution in [0, 0.1) is 0 Å². The van der Waals surface area contributed by atoms with Crippen LogP contribution in [-0.2, 0) is 19.9 Å². The first kappa shape index (κ1) is 17.8. The second-order valence-corrected chi connectivity index (χ2v) is 9.92. The number of thiophene rings is 2. The van der Waals surface area contributed by atoms with E-state index in [-0.39, 0.29) is 6.10 Å². The van der Waals surface area contributed by atoms with Gasteiger partial charge in [0, 0.05) is 12.8 Å². The molecule has 27 heavy (non-hydrogen) atoms. The summed E-state index contributed by atoms with van der Waals surface area (Å²) in [6.45, 7) is 3.30. The molecular formula is C20H24NO4S2+. The Morgan fingerprint density at radius 2 is 1.78 bits per heavy atom. The van der Waals surface area contributed by atoms with E-state index in [1.54, 1.807) is 12.1 Å². The zero-order chi connectivity index (χ0) is 18.8. The van der Waals surface area contributed by atoms with E-state index < -0.39 is 11.6 Å². The Balaban J connectivity index is 1.39. The van der Waals surface area contributed by atoms with Gasteiger partial charge >= 0.3 is 5.97 Å². The molecule has 5 nitrogen and oxygen atoms in total. The number of epoxide rings is 1. The van der Waals surface area contributed by atoms with Crippen molar-refractivity contribution in [1.82, 2.24) is 0 Å². The third-order valence-corrected chi connectivity index (χ3v) is 8.81. The number of carbonyl (C=O) groups is 1. The summed E-state index contributed by atoms with van der Waals surface area (Å²) in [4.78, 5) is 14.4. The van der Waals surface area contributed by atoms with Crippen LogP contribution >= 0.6 is 22.7 Å². The van der Waals surface area contributed by atoms with Crippen LogP contribution in [0.15, 0.2) is 35.0 Å². The van der Waals surface area contributed by atoms with Crippen molar-refractivity contribution >= 4 is 28.6 Å². The number of ether oxygens (including phenoxy) is 2. The highest BCUT2D eigenvalue weighted by molar-refractivity contribution is 7.12. The van der Waals surface area contributed by atoms with Gasteiger partial charge in [-0.3, -0.25) is 0 Å². The number of aliphatic hydroxyl groups is 1. The number of nitrogens with zero attached hydrogens (tertiary/aromatic N) is 1. The summed E-state index contributed by atoms with van der Waals surface area (Å²) in [6, 6.07) is 8.05. The number of esters is 1. The van der Waals surface area contributed by atoms with Crippen LogP contribution in [0.25, 0.3) is 0 Å². The number of carbonyl (C=O) groups excluding carboxylic acids is 1. The van der Waals surface area contributed by atoms with Crippen LogP contribution < -0.4 is 0 Å². The quantitative estimate of drug-likeness (QED) is 0.471. The highest BCUT2D eigenvalue weighted by atomic mass is 32.1. The largest absolute Gasteiger partial charge is 0.459 e. The van der Waals surface area contributed by atoms with Crippen molar-refractivity contribution in [3.63, 3.8) is 0 Å². The lowest BCUT2D eigenvalue weighted by Crippen LogP contribution is -2.62. The summed E-state index contributed by atoms with van der Waals surface area (Å²) in [5.41, 5.74) is -1.72. The first-order valence-corrected chi connectivity index (χ1v) is 11.3. The van der Waals surface area contributed by atoms with E-state index in [1.807, 2.05) is 22.9 Å². The third kappa shape index (κ3) is 2.49. The molecule has 2 aromatic heterocycles. The molecule has 2 bridgehead atoms. The highest BCUT2D eigenvalue weighted by Crippen LogP contribution is 2.52. The summed E-state index contributed by atoms with van der Waals surface area (Å²) in [7, 11) is 2.30. The molecule has 7 heteroatoms. The fourth-order valence-corrected chi connectivity index (χ4v) is 6.86. The van der Waals surface area contributed by atoms with Crippen molar-refractivity contribution in [2.24, 2.45) is 0 Å². The molecule has 5 rings (SSSR count). The minimum absolute atomic E-state index is 0.159. The molecule has 0 spiro atoms. The van der Waals surface area contributed by atoms with Gasteiger partial charge in [-0.05, 0) is 29.8 Å². The molecule has 2 unspecified atom stereocenters. The summed E-state index contributed by atoms with van der Waals surface area (Å²) in [5.74, 6) is -0.556. The van der Waals surface area contributed by atoms with Gasteiger partial charge in [-0.25, -0.2) is 4.79 Å². The number of rotatable bonds is 5. The van der Waals surface area contributed by atoms with Crippen LogP contribution in [-0.4, -0.2) is 59.5 Å². The maximum absolute atomic E-state index is 13.2. The SMILES string of the molecule is CC[N+]1(C)[C@@H]2CC(OC(=O)C(O)(c3cccs3)c3cccs3)C[C@H]1[C@@H]1O[C@@H]12. The number of morpholine rings is 1. The lowest BCUT2D eigenvalue weighted by atomic mass is 9.94. The predicted octanol–water partition coefficient (Wildman–Crippen LogP) is 2.74. The molecular weight excluding hydrogens is 382 g/mol. The number of hydrogen-bond donors (Lipinski definition) is 1. The molecule has 1 N–H and O–H groups in total. The molecule has 0 saturated carbocycles. The van der Waals surface area contributed by atoms with Gasteiger partial charge < -0.3 is 19.1 Å². The second-order valence-electron chi connectivity index (χ2n) is 8.03. The first-order chi connectivity index (χ1) is 13.0. The Labute approximate surface area is 166 Å². The summed E-state index contributed by atoms with van der Waals surface area (Å²) in [5, 5.41) is 15.1. The second kappa shape index (κ2) is 6.12. The molecule has 3 aliphatic rings. The van der Waals surface area contributed by atoms with Crippen molar-refractivity contribution < 1.29 is 23.9 Å². The Morgan fingerprint density at radius 1 is 1.22 bits per heavy atom. The molecule has 3 saturated heterocycles. The van der Waals surface area contributed by atoms with Crippen LogP contribution in [0.3, 0.4) is 0 Å². The van der Waals surface area contributed by atoms with Gasteiger partial charge in [0.2, 0.25) is 5.60 Å². The summed E-state index contributed by atoms with van der Waals surface area (Å²) >= 11 is 2.75. The van der Waals surface area contributed by atoms with Gasteiger partial charge in [0.05, 0.1) is 23.3 Å². The van der Waals surface area contributed by atoms with Crippen molar-refractivity contribution in [1.29, 1.82) is 0 Å². The Kier molecular flexibility index (Phi) is 4.04. The van der Waals surface area contributed by atoms with E-state index in [1.165, 1.54) is 22.7 Å². The monoisotopic (exact) mass is 406 g/mol. The van der Waals surface area contributed by atoms with Crippen LogP contribution in [0.2, 0.25) is 0 Å². The topological polar surface area (TPSA) is 59.1 Å². The molecule has 3 aliphatic heterocycles. The minimum atomic E-state index is -1.72. The molecule has 3 fully saturated rings. The fraction of sp³-hybridized carbons (Fsp3) is 0.550. The molecule has 2 aromatic rings. The first-order valence-electron chi connectivity index (χ1n) is 9.50. The zero-order valence-corrected chi connectivity index (χ0v) is 17.0. The third-order valence-electron chi connectivity index (χ3n) is 6.85. The van der Waals surface area contributed by atoms with Gasteiger partial charge in [0.25, 0.3) is 0 Å². The van der Waals surface area contributed by atoms with E-state index in [0.717, 1.165) is 23.9 Å². The maximum Gasteiger partial charge on any atom is 0.349 e. The number of likely N-dealkylation sites (N-methyl/N-ethyl adjacent to an activating group) is 1. The lowest BCUT2D eigenvalue weighted by Gasteiger charge is -2.47. The number of piperidine rings is 1. The van der Waals surface area contributed by atoms with Gasteiger partial charge in [-0.2, -0.15) is 0 Å². The number of hydrogen-bond acceptors (Lipinski definition) is 6. The van der Waals surface area contributed by atoms with Crippen molar-refractivity contribution in [3.05, 3.63) is 44.8 Å². The zero-order valence-electron chi connectivity index (χ0n) is 15.4. The number of quaternary nitrogens is 1. The average Bonchev–Trinajstić information content (AvgIpc) is 3.05. The van der Waals surface area contributed by atoms with E-state index in [0.29, 0.717) is 34.0 Å². The number of fused-ring (bicyclic) bond motifs is 5. The molecule has 0 amide bonds. The van der Waals surface area contributed by atoms with Crippen LogP contribution in [0.1, 0.15) is 29.5 Å².